The highest BCUT2D eigenvalue weighted by Gasteiger charge is 2.22. The zero-order valence-electron chi connectivity index (χ0n) is 11.1. The van der Waals surface area contributed by atoms with E-state index >= 15 is 0 Å². The molecule has 0 radical (unpaired) electrons. The van der Waals surface area contributed by atoms with Crippen molar-refractivity contribution in [2.75, 3.05) is 0 Å². The Hall–Kier alpha value is -0.340. The molecule has 1 nitrogen and oxygen atoms in total. The van der Waals surface area contributed by atoms with Crippen molar-refractivity contribution in [1.82, 2.24) is 5.32 Å². The van der Waals surface area contributed by atoms with Gasteiger partial charge in [0.15, 0.2) is 0 Å². The van der Waals surface area contributed by atoms with Crippen molar-refractivity contribution in [2.45, 2.75) is 65.5 Å². The fourth-order valence-electron chi connectivity index (χ4n) is 2.11. The molecule has 1 rings (SSSR count). The van der Waals surface area contributed by atoms with Gasteiger partial charge in [0, 0.05) is 21.8 Å². The molecule has 0 fully saturated rings. The second kappa shape index (κ2) is 6.41. The van der Waals surface area contributed by atoms with Crippen LogP contribution in [0.3, 0.4) is 0 Å². The second-order valence-electron chi connectivity index (χ2n) is 4.42. The van der Waals surface area contributed by atoms with Gasteiger partial charge in [0.05, 0.1) is 0 Å². The molecule has 0 atom stereocenters. The highest BCUT2D eigenvalue weighted by Crippen LogP contribution is 2.22. The predicted octanol–water partition coefficient (Wildman–Crippen LogP) is 4.37. The summed E-state index contributed by atoms with van der Waals surface area (Å²) in [6, 6.07) is 4.52. The predicted molar refractivity (Wildman–Crippen MR) is 74.1 cm³/mol. The van der Waals surface area contributed by atoms with E-state index in [1.807, 2.05) is 11.3 Å². The Balaban J connectivity index is 2.55. The van der Waals surface area contributed by atoms with Crippen LogP contribution in [0.15, 0.2) is 12.1 Å². The Labute approximate surface area is 104 Å². The molecule has 0 aliphatic heterocycles. The molecular formula is C14H25NS. The van der Waals surface area contributed by atoms with Gasteiger partial charge in [-0.25, -0.2) is 0 Å². The minimum atomic E-state index is 0.344. The van der Waals surface area contributed by atoms with Crippen LogP contribution in [0.4, 0.5) is 0 Å². The lowest BCUT2D eigenvalue weighted by Crippen LogP contribution is -2.42. The van der Waals surface area contributed by atoms with E-state index in [0.717, 1.165) is 13.0 Å². The van der Waals surface area contributed by atoms with Crippen molar-refractivity contribution in [3.63, 3.8) is 0 Å². The van der Waals surface area contributed by atoms with Gasteiger partial charge in [0.25, 0.3) is 0 Å². The summed E-state index contributed by atoms with van der Waals surface area (Å²) in [6.45, 7) is 10.1. The van der Waals surface area contributed by atoms with Gasteiger partial charge in [-0.3, -0.25) is 0 Å². The molecule has 0 aliphatic rings. The molecular weight excluding hydrogens is 214 g/mol. The minimum Gasteiger partial charge on any atom is -0.306 e. The maximum Gasteiger partial charge on any atom is 0.0304 e. The number of hydrogen-bond donors (Lipinski definition) is 1. The zero-order chi connectivity index (χ0) is 12.0. The van der Waals surface area contributed by atoms with Crippen LogP contribution in [0.2, 0.25) is 0 Å². The third kappa shape index (κ3) is 3.33. The van der Waals surface area contributed by atoms with E-state index in [-0.39, 0.29) is 0 Å². The van der Waals surface area contributed by atoms with Crippen molar-refractivity contribution in [3.05, 3.63) is 21.9 Å². The summed E-state index contributed by atoms with van der Waals surface area (Å²) in [5, 5.41) is 3.75. The van der Waals surface area contributed by atoms with Crippen LogP contribution in [-0.4, -0.2) is 5.54 Å². The first-order valence-electron chi connectivity index (χ1n) is 6.52. The monoisotopic (exact) mass is 239 g/mol. The number of hydrogen-bond acceptors (Lipinski definition) is 2. The Morgan fingerprint density at radius 1 is 1.00 bits per heavy atom. The normalized spacial score (nSPS) is 12.0. The summed E-state index contributed by atoms with van der Waals surface area (Å²) >= 11 is 1.94. The molecule has 16 heavy (non-hydrogen) atoms. The Morgan fingerprint density at radius 3 is 2.00 bits per heavy atom. The van der Waals surface area contributed by atoms with Crippen LogP contribution < -0.4 is 5.32 Å². The molecule has 2 heteroatoms. The summed E-state index contributed by atoms with van der Waals surface area (Å²) in [5.74, 6) is 0. The number of nitrogens with one attached hydrogen (secondary N) is 1. The molecule has 0 aliphatic carbocycles. The highest BCUT2D eigenvalue weighted by molar-refractivity contribution is 7.11. The van der Waals surface area contributed by atoms with Crippen molar-refractivity contribution in [2.24, 2.45) is 0 Å². The molecule has 1 aromatic heterocycles. The first kappa shape index (κ1) is 13.7. The minimum absolute atomic E-state index is 0.344. The van der Waals surface area contributed by atoms with E-state index in [9.17, 15) is 0 Å². The molecule has 0 aromatic carbocycles. The van der Waals surface area contributed by atoms with Crippen molar-refractivity contribution < 1.29 is 0 Å². The Morgan fingerprint density at radius 2 is 1.56 bits per heavy atom. The fourth-order valence-corrected chi connectivity index (χ4v) is 3.00. The molecule has 0 unspecified atom stereocenters. The molecule has 0 saturated carbocycles. The first-order valence-corrected chi connectivity index (χ1v) is 7.34. The van der Waals surface area contributed by atoms with Crippen molar-refractivity contribution in [1.29, 1.82) is 0 Å². The third-order valence-electron chi connectivity index (χ3n) is 3.73. The van der Waals surface area contributed by atoms with Gasteiger partial charge in [0.2, 0.25) is 0 Å². The van der Waals surface area contributed by atoms with Gasteiger partial charge in [0.1, 0.15) is 0 Å². The van der Waals surface area contributed by atoms with Crippen LogP contribution in [0.25, 0.3) is 0 Å². The number of rotatable bonds is 7. The van der Waals surface area contributed by atoms with E-state index in [2.05, 4.69) is 45.1 Å². The molecule has 0 spiro atoms. The van der Waals surface area contributed by atoms with Gasteiger partial charge < -0.3 is 5.32 Å². The van der Waals surface area contributed by atoms with Gasteiger partial charge in [-0.1, -0.05) is 27.7 Å². The van der Waals surface area contributed by atoms with E-state index < -0.39 is 0 Å². The van der Waals surface area contributed by atoms with Crippen molar-refractivity contribution in [3.8, 4) is 0 Å². The second-order valence-corrected chi connectivity index (χ2v) is 5.67. The average molecular weight is 239 g/mol. The van der Waals surface area contributed by atoms with Crippen LogP contribution in [-0.2, 0) is 13.0 Å². The Bertz CT molecular complexity index is 291. The van der Waals surface area contributed by atoms with Gasteiger partial charge in [-0.2, -0.15) is 0 Å². The molecule has 92 valence electrons. The Kier molecular flexibility index (Phi) is 5.50. The smallest absolute Gasteiger partial charge is 0.0304 e. The molecule has 0 bridgehead atoms. The highest BCUT2D eigenvalue weighted by atomic mass is 32.1. The van der Waals surface area contributed by atoms with Crippen LogP contribution in [0.1, 0.15) is 56.7 Å². The van der Waals surface area contributed by atoms with Gasteiger partial charge in [-0.05, 0) is 37.8 Å². The molecule has 1 aromatic rings. The third-order valence-corrected chi connectivity index (χ3v) is 4.96. The topological polar surface area (TPSA) is 12.0 Å². The maximum absolute atomic E-state index is 3.75. The number of aryl methyl sites for hydroxylation is 1. The lowest BCUT2D eigenvalue weighted by molar-refractivity contribution is 0.289. The standard InChI is InChI=1S/C14H25NS/c1-5-12-9-10-13(16-12)11-15-14(6-2,7-3)8-4/h9-10,15H,5-8,11H2,1-4H3. The van der Waals surface area contributed by atoms with Gasteiger partial charge in [-0.15, -0.1) is 11.3 Å². The summed E-state index contributed by atoms with van der Waals surface area (Å²) in [7, 11) is 0. The van der Waals surface area contributed by atoms with E-state index in [4.69, 9.17) is 0 Å². The molecule has 0 amide bonds. The lowest BCUT2D eigenvalue weighted by Gasteiger charge is -2.31. The quantitative estimate of drug-likeness (QED) is 0.745. The van der Waals surface area contributed by atoms with Crippen LogP contribution in [0.5, 0.6) is 0 Å². The van der Waals surface area contributed by atoms with Crippen LogP contribution >= 0.6 is 11.3 Å². The maximum atomic E-state index is 3.75. The summed E-state index contributed by atoms with van der Waals surface area (Å²) < 4.78 is 0. The largest absolute Gasteiger partial charge is 0.306 e. The zero-order valence-corrected chi connectivity index (χ0v) is 11.9. The number of thiophene rings is 1. The lowest BCUT2D eigenvalue weighted by atomic mass is 9.90. The van der Waals surface area contributed by atoms with E-state index in [0.29, 0.717) is 5.54 Å². The summed E-state index contributed by atoms with van der Waals surface area (Å²) in [6.07, 6.45) is 4.80. The molecule has 1 heterocycles. The first-order chi connectivity index (χ1) is 7.69. The molecule has 0 saturated heterocycles. The SMILES string of the molecule is CCc1ccc(CNC(CC)(CC)CC)s1. The van der Waals surface area contributed by atoms with Crippen LogP contribution in [0, 0.1) is 0 Å². The fraction of sp³-hybridized carbons (Fsp3) is 0.714. The van der Waals surface area contributed by atoms with Gasteiger partial charge >= 0.3 is 0 Å². The van der Waals surface area contributed by atoms with E-state index in [1.54, 1.807) is 0 Å². The summed E-state index contributed by atoms with van der Waals surface area (Å²) in [4.78, 5) is 2.96. The average Bonchev–Trinajstić information content (AvgIpc) is 2.80. The van der Waals surface area contributed by atoms with Crippen molar-refractivity contribution >= 4 is 11.3 Å². The molecule has 1 N–H and O–H groups in total. The van der Waals surface area contributed by atoms with E-state index in [1.165, 1.54) is 29.0 Å². The summed E-state index contributed by atoms with van der Waals surface area (Å²) in [5.41, 5.74) is 0.344.